The van der Waals surface area contributed by atoms with Crippen molar-refractivity contribution in [1.82, 2.24) is 9.80 Å². The van der Waals surface area contributed by atoms with Crippen LogP contribution in [0.5, 0.6) is 5.75 Å². The summed E-state index contributed by atoms with van der Waals surface area (Å²) < 4.78 is 5.58. The Kier molecular flexibility index (Phi) is 5.64. The Morgan fingerprint density at radius 1 is 1.00 bits per heavy atom. The van der Waals surface area contributed by atoms with Crippen molar-refractivity contribution in [3.8, 4) is 5.75 Å². The van der Waals surface area contributed by atoms with Crippen LogP contribution < -0.4 is 4.74 Å². The molecule has 0 radical (unpaired) electrons. The molecule has 0 saturated carbocycles. The summed E-state index contributed by atoms with van der Waals surface area (Å²) in [6.07, 6.45) is 0.519. The van der Waals surface area contributed by atoms with Crippen LogP contribution in [0.25, 0.3) is 0 Å². The van der Waals surface area contributed by atoms with Crippen molar-refractivity contribution < 1.29 is 14.3 Å². The van der Waals surface area contributed by atoms with E-state index in [0.717, 1.165) is 22.4 Å². The second-order valence-electron chi connectivity index (χ2n) is 5.89. The van der Waals surface area contributed by atoms with E-state index in [2.05, 4.69) is 0 Å². The Balaban J connectivity index is 2.10. The monoisotopic (exact) mass is 318 g/mol. The van der Waals surface area contributed by atoms with Gasteiger partial charge in [-0.05, 0) is 44.0 Å². The number of piperazine rings is 1. The Hall–Kier alpha value is -2.04. The first kappa shape index (κ1) is 17.3. The van der Waals surface area contributed by atoms with Gasteiger partial charge in [-0.3, -0.25) is 9.59 Å². The van der Waals surface area contributed by atoms with Gasteiger partial charge in [-0.25, -0.2) is 0 Å². The fourth-order valence-electron chi connectivity index (χ4n) is 2.88. The van der Waals surface area contributed by atoms with Gasteiger partial charge >= 0.3 is 0 Å². The van der Waals surface area contributed by atoms with Gasteiger partial charge in [0.1, 0.15) is 5.75 Å². The molecule has 1 aromatic carbocycles. The molecule has 5 nitrogen and oxygen atoms in total. The van der Waals surface area contributed by atoms with Crippen LogP contribution in [-0.2, 0) is 4.79 Å². The average Bonchev–Trinajstić information content (AvgIpc) is 2.57. The van der Waals surface area contributed by atoms with E-state index in [0.29, 0.717) is 39.2 Å². The maximum absolute atomic E-state index is 12.8. The molecule has 1 saturated heterocycles. The van der Waals surface area contributed by atoms with Crippen molar-refractivity contribution in [2.75, 3.05) is 32.8 Å². The fourth-order valence-corrected chi connectivity index (χ4v) is 2.88. The lowest BCUT2D eigenvalue weighted by molar-refractivity contribution is -0.132. The maximum Gasteiger partial charge on any atom is 0.254 e. The standard InChI is InChI=1S/C18H26N2O3/c1-5-17(21)19-7-9-20(10-8-19)18(22)15-11-14(4)16(23-6-2)12-13(15)3/h11-12H,5-10H2,1-4H3. The summed E-state index contributed by atoms with van der Waals surface area (Å²) in [5.74, 6) is 1.03. The Labute approximate surface area is 138 Å². The van der Waals surface area contributed by atoms with E-state index in [1.165, 1.54) is 0 Å². The molecule has 1 fully saturated rings. The molecule has 0 unspecified atom stereocenters. The second-order valence-corrected chi connectivity index (χ2v) is 5.89. The van der Waals surface area contributed by atoms with E-state index in [-0.39, 0.29) is 11.8 Å². The summed E-state index contributed by atoms with van der Waals surface area (Å²) in [6.45, 7) is 10.7. The lowest BCUT2D eigenvalue weighted by Crippen LogP contribution is -2.50. The van der Waals surface area contributed by atoms with Gasteiger partial charge < -0.3 is 14.5 Å². The highest BCUT2D eigenvalue weighted by Crippen LogP contribution is 2.24. The van der Waals surface area contributed by atoms with Crippen LogP contribution in [0.1, 0.15) is 41.8 Å². The minimum Gasteiger partial charge on any atom is -0.494 e. The van der Waals surface area contributed by atoms with Crippen molar-refractivity contribution in [3.63, 3.8) is 0 Å². The van der Waals surface area contributed by atoms with Gasteiger partial charge in [0.25, 0.3) is 5.91 Å². The van der Waals surface area contributed by atoms with Crippen molar-refractivity contribution in [3.05, 3.63) is 28.8 Å². The van der Waals surface area contributed by atoms with Crippen LogP contribution >= 0.6 is 0 Å². The lowest BCUT2D eigenvalue weighted by Gasteiger charge is -2.35. The maximum atomic E-state index is 12.8. The highest BCUT2D eigenvalue weighted by Gasteiger charge is 2.25. The van der Waals surface area contributed by atoms with Crippen LogP contribution in [-0.4, -0.2) is 54.4 Å². The van der Waals surface area contributed by atoms with Gasteiger partial charge in [-0.2, -0.15) is 0 Å². The third-order valence-electron chi connectivity index (χ3n) is 4.27. The Morgan fingerprint density at radius 2 is 1.61 bits per heavy atom. The summed E-state index contributed by atoms with van der Waals surface area (Å²) >= 11 is 0. The van der Waals surface area contributed by atoms with Crippen LogP contribution in [0, 0.1) is 13.8 Å². The molecular formula is C18H26N2O3. The molecule has 0 bridgehead atoms. The number of rotatable bonds is 4. The molecule has 5 heteroatoms. The van der Waals surface area contributed by atoms with E-state index in [1.807, 2.05) is 49.6 Å². The first-order chi connectivity index (χ1) is 11.0. The van der Waals surface area contributed by atoms with Gasteiger partial charge in [0.05, 0.1) is 6.61 Å². The number of carbonyl (C=O) groups is 2. The third kappa shape index (κ3) is 3.84. The molecule has 1 aliphatic heterocycles. The topological polar surface area (TPSA) is 49.9 Å². The second kappa shape index (κ2) is 7.49. The Bertz CT molecular complexity index is 590. The predicted octanol–water partition coefficient (Wildman–Crippen LogP) is 2.40. The number of nitrogens with zero attached hydrogens (tertiary/aromatic N) is 2. The first-order valence-corrected chi connectivity index (χ1v) is 8.29. The van der Waals surface area contributed by atoms with Crippen LogP contribution in [0.2, 0.25) is 0 Å². The summed E-state index contributed by atoms with van der Waals surface area (Å²) in [6, 6.07) is 3.84. The number of carbonyl (C=O) groups excluding carboxylic acids is 2. The fraction of sp³-hybridized carbons (Fsp3) is 0.556. The third-order valence-corrected chi connectivity index (χ3v) is 4.27. The molecule has 23 heavy (non-hydrogen) atoms. The van der Waals surface area contributed by atoms with Crippen LogP contribution in [0.4, 0.5) is 0 Å². The number of ether oxygens (including phenoxy) is 1. The number of benzene rings is 1. The van der Waals surface area contributed by atoms with Crippen molar-refractivity contribution >= 4 is 11.8 Å². The average molecular weight is 318 g/mol. The van der Waals surface area contributed by atoms with E-state index in [4.69, 9.17) is 4.74 Å². The van der Waals surface area contributed by atoms with E-state index < -0.39 is 0 Å². The quantitative estimate of drug-likeness (QED) is 0.856. The molecular weight excluding hydrogens is 292 g/mol. The molecule has 126 valence electrons. The van der Waals surface area contributed by atoms with E-state index >= 15 is 0 Å². The molecule has 0 aromatic heterocycles. The zero-order valence-electron chi connectivity index (χ0n) is 14.5. The minimum absolute atomic E-state index is 0.0391. The van der Waals surface area contributed by atoms with Gasteiger partial charge in [0.2, 0.25) is 5.91 Å². The SMILES string of the molecule is CCOc1cc(C)c(C(=O)N2CCN(C(=O)CC)CC2)cc1C. The molecule has 2 rings (SSSR count). The highest BCUT2D eigenvalue weighted by atomic mass is 16.5. The van der Waals surface area contributed by atoms with Crippen LogP contribution in [0.3, 0.4) is 0 Å². The van der Waals surface area contributed by atoms with Crippen LogP contribution in [0.15, 0.2) is 12.1 Å². The summed E-state index contributed by atoms with van der Waals surface area (Å²) in [4.78, 5) is 28.2. The molecule has 0 N–H and O–H groups in total. The molecule has 1 aliphatic rings. The number of aryl methyl sites for hydroxylation is 2. The predicted molar refractivity (Wildman–Crippen MR) is 89.9 cm³/mol. The lowest BCUT2D eigenvalue weighted by atomic mass is 10.0. The molecule has 0 atom stereocenters. The van der Waals surface area contributed by atoms with E-state index in [1.54, 1.807) is 0 Å². The zero-order valence-corrected chi connectivity index (χ0v) is 14.5. The van der Waals surface area contributed by atoms with Crippen molar-refractivity contribution in [2.24, 2.45) is 0 Å². The number of hydrogen-bond acceptors (Lipinski definition) is 3. The van der Waals surface area contributed by atoms with Crippen molar-refractivity contribution in [2.45, 2.75) is 34.1 Å². The zero-order chi connectivity index (χ0) is 17.0. The molecule has 2 amide bonds. The van der Waals surface area contributed by atoms with Gasteiger partial charge in [-0.15, -0.1) is 0 Å². The largest absolute Gasteiger partial charge is 0.494 e. The Morgan fingerprint density at radius 3 is 2.17 bits per heavy atom. The highest BCUT2D eigenvalue weighted by molar-refractivity contribution is 5.96. The summed E-state index contributed by atoms with van der Waals surface area (Å²) in [7, 11) is 0. The van der Waals surface area contributed by atoms with Crippen molar-refractivity contribution in [1.29, 1.82) is 0 Å². The summed E-state index contributed by atoms with van der Waals surface area (Å²) in [5.41, 5.74) is 2.62. The number of hydrogen-bond donors (Lipinski definition) is 0. The molecule has 1 heterocycles. The van der Waals surface area contributed by atoms with Gasteiger partial charge in [0, 0.05) is 38.2 Å². The van der Waals surface area contributed by atoms with E-state index in [9.17, 15) is 9.59 Å². The van der Waals surface area contributed by atoms with Gasteiger partial charge in [-0.1, -0.05) is 6.92 Å². The molecule has 0 spiro atoms. The minimum atomic E-state index is 0.0391. The molecule has 0 aliphatic carbocycles. The number of amides is 2. The smallest absolute Gasteiger partial charge is 0.254 e. The normalized spacial score (nSPS) is 14.8. The molecule has 1 aromatic rings. The summed E-state index contributed by atoms with van der Waals surface area (Å²) in [5, 5.41) is 0. The van der Waals surface area contributed by atoms with Gasteiger partial charge in [0.15, 0.2) is 0 Å². The first-order valence-electron chi connectivity index (χ1n) is 8.29.